The number of pyridine rings is 1. The van der Waals surface area contributed by atoms with Crippen LogP contribution in [0.5, 0.6) is 0 Å². The molecule has 0 aliphatic rings. The number of aromatic nitrogens is 1. The van der Waals surface area contributed by atoms with Gasteiger partial charge in [0.1, 0.15) is 5.82 Å². The number of rotatable bonds is 5. The Bertz CT molecular complexity index is 1090. The van der Waals surface area contributed by atoms with Gasteiger partial charge in [-0.05, 0) is 42.3 Å². The molecule has 7 heteroatoms. The summed E-state index contributed by atoms with van der Waals surface area (Å²) >= 11 is 0. The van der Waals surface area contributed by atoms with Crippen LogP contribution < -0.4 is 5.32 Å². The molecule has 28 heavy (non-hydrogen) atoms. The standard InChI is InChI=1S/C21H21N3O3S/c1-15-9-10-17(13-19(15)28(26,27)24(2)3)21(25)23-20-12-11-18(14-22-20)16-7-5-4-6-8-16/h4-14H,1-3H3,(H,22,23,25). The molecular weight excluding hydrogens is 374 g/mol. The second kappa shape index (κ2) is 7.92. The summed E-state index contributed by atoms with van der Waals surface area (Å²) in [6.45, 7) is 1.70. The lowest BCUT2D eigenvalue weighted by Gasteiger charge is -2.14. The molecule has 0 radical (unpaired) electrons. The third-order valence-corrected chi connectivity index (χ3v) is 6.28. The molecule has 0 fully saturated rings. The van der Waals surface area contributed by atoms with Gasteiger partial charge in [0.05, 0.1) is 4.90 Å². The molecule has 1 aromatic heterocycles. The van der Waals surface area contributed by atoms with Crippen molar-refractivity contribution in [3.63, 3.8) is 0 Å². The van der Waals surface area contributed by atoms with E-state index in [9.17, 15) is 13.2 Å². The minimum atomic E-state index is -3.63. The van der Waals surface area contributed by atoms with Crippen molar-refractivity contribution in [3.05, 3.63) is 78.0 Å². The molecule has 0 aliphatic carbocycles. The Balaban J connectivity index is 1.82. The fraction of sp³-hybridized carbons (Fsp3) is 0.143. The smallest absolute Gasteiger partial charge is 0.256 e. The molecule has 2 aromatic carbocycles. The van der Waals surface area contributed by atoms with Crippen LogP contribution in [0, 0.1) is 6.92 Å². The largest absolute Gasteiger partial charge is 0.307 e. The number of benzene rings is 2. The fourth-order valence-electron chi connectivity index (χ4n) is 2.67. The fourth-order valence-corrected chi connectivity index (χ4v) is 3.82. The lowest BCUT2D eigenvalue weighted by molar-refractivity contribution is 0.102. The number of sulfonamides is 1. The maximum Gasteiger partial charge on any atom is 0.256 e. The maximum atomic E-state index is 12.6. The van der Waals surface area contributed by atoms with E-state index >= 15 is 0 Å². The van der Waals surface area contributed by atoms with Crippen molar-refractivity contribution in [2.24, 2.45) is 0 Å². The van der Waals surface area contributed by atoms with E-state index in [4.69, 9.17) is 0 Å². The molecule has 3 rings (SSSR count). The van der Waals surface area contributed by atoms with E-state index in [0.29, 0.717) is 11.4 Å². The van der Waals surface area contributed by atoms with Crippen molar-refractivity contribution < 1.29 is 13.2 Å². The minimum Gasteiger partial charge on any atom is -0.307 e. The lowest BCUT2D eigenvalue weighted by atomic mass is 10.1. The van der Waals surface area contributed by atoms with Gasteiger partial charge in [-0.3, -0.25) is 4.79 Å². The summed E-state index contributed by atoms with van der Waals surface area (Å²) in [5.74, 6) is -0.0301. The highest BCUT2D eigenvalue weighted by Gasteiger charge is 2.21. The number of nitrogens with zero attached hydrogens (tertiary/aromatic N) is 2. The average Bonchev–Trinajstić information content (AvgIpc) is 2.69. The van der Waals surface area contributed by atoms with Crippen LogP contribution in [0.3, 0.4) is 0 Å². The first-order chi connectivity index (χ1) is 13.3. The van der Waals surface area contributed by atoms with Gasteiger partial charge in [0.25, 0.3) is 5.91 Å². The molecule has 1 heterocycles. The average molecular weight is 395 g/mol. The van der Waals surface area contributed by atoms with Crippen molar-refractivity contribution in [1.29, 1.82) is 0 Å². The summed E-state index contributed by atoms with van der Waals surface area (Å²) in [5, 5.41) is 2.71. The number of amides is 1. The number of nitrogens with one attached hydrogen (secondary N) is 1. The Morgan fingerprint density at radius 3 is 2.29 bits per heavy atom. The van der Waals surface area contributed by atoms with E-state index in [0.717, 1.165) is 15.4 Å². The summed E-state index contributed by atoms with van der Waals surface area (Å²) in [7, 11) is -0.719. The molecule has 144 valence electrons. The molecule has 0 spiro atoms. The van der Waals surface area contributed by atoms with Gasteiger partial charge < -0.3 is 5.32 Å². The number of hydrogen-bond acceptors (Lipinski definition) is 4. The van der Waals surface area contributed by atoms with Crippen molar-refractivity contribution in [2.75, 3.05) is 19.4 Å². The second-order valence-corrected chi connectivity index (χ2v) is 8.64. The summed E-state index contributed by atoms with van der Waals surface area (Å²) in [4.78, 5) is 17.0. The van der Waals surface area contributed by atoms with Crippen LogP contribution in [0.25, 0.3) is 11.1 Å². The zero-order chi connectivity index (χ0) is 20.3. The first-order valence-corrected chi connectivity index (χ1v) is 10.1. The minimum absolute atomic E-state index is 0.109. The van der Waals surface area contributed by atoms with Crippen LogP contribution in [-0.2, 0) is 10.0 Å². The van der Waals surface area contributed by atoms with Gasteiger partial charge in [-0.2, -0.15) is 0 Å². The van der Waals surface area contributed by atoms with Crippen LogP contribution in [0.15, 0.2) is 71.8 Å². The molecule has 1 amide bonds. The van der Waals surface area contributed by atoms with E-state index in [1.807, 2.05) is 36.4 Å². The number of carbonyl (C=O) groups excluding carboxylic acids is 1. The Labute approximate surface area is 164 Å². The molecule has 3 aromatic rings. The quantitative estimate of drug-likeness (QED) is 0.716. The van der Waals surface area contributed by atoms with E-state index in [1.54, 1.807) is 31.3 Å². The lowest BCUT2D eigenvalue weighted by Crippen LogP contribution is -2.23. The predicted octanol–water partition coefficient (Wildman–Crippen LogP) is 3.56. The molecular formula is C21H21N3O3S. The van der Waals surface area contributed by atoms with Crippen molar-refractivity contribution in [1.82, 2.24) is 9.29 Å². The molecule has 1 N–H and O–H groups in total. The first-order valence-electron chi connectivity index (χ1n) is 8.65. The Morgan fingerprint density at radius 2 is 1.68 bits per heavy atom. The summed E-state index contributed by atoms with van der Waals surface area (Å²) in [6.07, 6.45) is 1.68. The van der Waals surface area contributed by atoms with E-state index in [1.165, 1.54) is 20.2 Å². The molecule has 0 bridgehead atoms. The van der Waals surface area contributed by atoms with Gasteiger partial charge in [0, 0.05) is 31.4 Å². The van der Waals surface area contributed by atoms with Crippen LogP contribution in [0.2, 0.25) is 0 Å². The van der Waals surface area contributed by atoms with Gasteiger partial charge in [-0.1, -0.05) is 36.4 Å². The summed E-state index contributed by atoms with van der Waals surface area (Å²) in [5.41, 5.74) is 2.80. The zero-order valence-corrected chi connectivity index (χ0v) is 16.7. The number of carbonyl (C=O) groups is 1. The maximum absolute atomic E-state index is 12.6. The second-order valence-electron chi connectivity index (χ2n) is 6.52. The Kier molecular flexibility index (Phi) is 5.58. The van der Waals surface area contributed by atoms with Crippen molar-refractivity contribution >= 4 is 21.7 Å². The Morgan fingerprint density at radius 1 is 0.964 bits per heavy atom. The van der Waals surface area contributed by atoms with Crippen LogP contribution in [0.1, 0.15) is 15.9 Å². The number of anilines is 1. The highest BCUT2D eigenvalue weighted by molar-refractivity contribution is 7.89. The monoisotopic (exact) mass is 395 g/mol. The van der Waals surface area contributed by atoms with Gasteiger partial charge in [0.2, 0.25) is 10.0 Å². The predicted molar refractivity (Wildman–Crippen MR) is 110 cm³/mol. The number of hydrogen-bond donors (Lipinski definition) is 1. The van der Waals surface area contributed by atoms with Crippen molar-refractivity contribution in [3.8, 4) is 11.1 Å². The SMILES string of the molecule is Cc1ccc(C(=O)Nc2ccc(-c3ccccc3)cn2)cc1S(=O)(=O)N(C)C. The molecule has 0 saturated carbocycles. The van der Waals surface area contributed by atoms with Crippen LogP contribution in [0.4, 0.5) is 5.82 Å². The van der Waals surface area contributed by atoms with Gasteiger partial charge in [0.15, 0.2) is 0 Å². The topological polar surface area (TPSA) is 79.4 Å². The normalized spacial score (nSPS) is 11.4. The van der Waals surface area contributed by atoms with Crippen LogP contribution in [-0.4, -0.2) is 37.7 Å². The van der Waals surface area contributed by atoms with Gasteiger partial charge in [-0.15, -0.1) is 0 Å². The van der Waals surface area contributed by atoms with Gasteiger partial charge in [-0.25, -0.2) is 17.7 Å². The van der Waals surface area contributed by atoms with Gasteiger partial charge >= 0.3 is 0 Å². The first kappa shape index (κ1) is 19.7. The summed E-state index contributed by atoms with van der Waals surface area (Å²) < 4.78 is 26.0. The third kappa shape index (κ3) is 4.11. The van der Waals surface area contributed by atoms with Crippen LogP contribution >= 0.6 is 0 Å². The zero-order valence-electron chi connectivity index (χ0n) is 15.9. The van der Waals surface area contributed by atoms with E-state index in [-0.39, 0.29) is 10.5 Å². The third-order valence-electron chi connectivity index (χ3n) is 4.32. The molecule has 6 nitrogen and oxygen atoms in total. The highest BCUT2D eigenvalue weighted by atomic mass is 32.2. The van der Waals surface area contributed by atoms with Crippen molar-refractivity contribution in [2.45, 2.75) is 11.8 Å². The Hall–Kier alpha value is -3.03. The molecule has 0 unspecified atom stereocenters. The summed E-state index contributed by atoms with van der Waals surface area (Å²) in [6, 6.07) is 18.0. The molecule has 0 aliphatic heterocycles. The number of aryl methyl sites for hydroxylation is 1. The molecule has 0 saturated heterocycles. The molecule has 0 atom stereocenters. The van der Waals surface area contributed by atoms with E-state index < -0.39 is 15.9 Å². The van der Waals surface area contributed by atoms with E-state index in [2.05, 4.69) is 10.3 Å². The highest BCUT2D eigenvalue weighted by Crippen LogP contribution is 2.22.